The molecule has 0 aliphatic heterocycles. The molecule has 0 radical (unpaired) electrons. The van der Waals surface area contributed by atoms with E-state index >= 15 is 0 Å². The molecule has 0 saturated carbocycles. The summed E-state index contributed by atoms with van der Waals surface area (Å²) in [6.45, 7) is 2.48. The van der Waals surface area contributed by atoms with Crippen LogP contribution >= 0.6 is 11.3 Å². The summed E-state index contributed by atoms with van der Waals surface area (Å²) in [6, 6.07) is 21.5. The molecule has 30 heavy (non-hydrogen) atoms. The number of carbonyl (C=O) groups is 1. The Morgan fingerprint density at radius 1 is 0.933 bits per heavy atom. The van der Waals surface area contributed by atoms with E-state index in [1.807, 2.05) is 61.5 Å². The van der Waals surface area contributed by atoms with Crippen molar-refractivity contribution in [2.45, 2.75) is 13.5 Å². The fraction of sp³-hybridized carbons (Fsp3) is 0.0833. The van der Waals surface area contributed by atoms with Crippen LogP contribution < -0.4 is 4.90 Å². The Morgan fingerprint density at radius 3 is 2.53 bits per heavy atom. The van der Waals surface area contributed by atoms with Crippen molar-refractivity contribution in [2.75, 3.05) is 4.90 Å². The number of fused-ring (bicyclic) bond motifs is 2. The number of hydrogen-bond donors (Lipinski definition) is 0. The highest BCUT2D eigenvalue weighted by Crippen LogP contribution is 2.32. The zero-order valence-corrected chi connectivity index (χ0v) is 17.1. The Hall–Kier alpha value is -3.64. The molecule has 0 bridgehead atoms. The van der Waals surface area contributed by atoms with Crippen LogP contribution in [0.1, 0.15) is 21.5 Å². The fourth-order valence-electron chi connectivity index (χ4n) is 3.43. The van der Waals surface area contributed by atoms with Gasteiger partial charge < -0.3 is 0 Å². The summed E-state index contributed by atoms with van der Waals surface area (Å²) < 4.78 is 1.07. The Bertz CT molecular complexity index is 1360. The van der Waals surface area contributed by atoms with Crippen molar-refractivity contribution in [1.82, 2.24) is 15.0 Å². The highest BCUT2D eigenvalue weighted by Gasteiger charge is 2.22. The van der Waals surface area contributed by atoms with E-state index in [-0.39, 0.29) is 5.91 Å². The minimum Gasteiger partial charge on any atom is -0.279 e. The van der Waals surface area contributed by atoms with Crippen molar-refractivity contribution in [3.63, 3.8) is 0 Å². The average molecular weight is 411 g/mol. The lowest BCUT2D eigenvalue weighted by Crippen LogP contribution is -2.30. The molecular weight excluding hydrogens is 392 g/mol. The smallest absolute Gasteiger partial charge is 0.260 e. The summed E-state index contributed by atoms with van der Waals surface area (Å²) in [7, 11) is 0. The molecule has 0 fully saturated rings. The first-order valence-electron chi connectivity index (χ1n) is 9.62. The zero-order valence-electron chi connectivity index (χ0n) is 16.3. The lowest BCUT2D eigenvalue weighted by Gasteiger charge is -2.20. The number of anilines is 1. The summed E-state index contributed by atoms with van der Waals surface area (Å²) in [4.78, 5) is 28.8. The van der Waals surface area contributed by atoms with Gasteiger partial charge in [-0.1, -0.05) is 53.8 Å². The minimum absolute atomic E-state index is 0.108. The van der Waals surface area contributed by atoms with Crippen LogP contribution in [-0.2, 0) is 6.54 Å². The zero-order chi connectivity index (χ0) is 20.5. The molecule has 3 aromatic carbocycles. The predicted molar refractivity (Wildman–Crippen MR) is 121 cm³/mol. The maximum absolute atomic E-state index is 13.6. The van der Waals surface area contributed by atoms with Crippen LogP contribution in [0.3, 0.4) is 0 Å². The molecule has 5 nitrogen and oxygen atoms in total. The van der Waals surface area contributed by atoms with Gasteiger partial charge in [-0.25, -0.2) is 4.98 Å². The lowest BCUT2D eigenvalue weighted by molar-refractivity contribution is 0.0985. The van der Waals surface area contributed by atoms with Crippen LogP contribution in [0.4, 0.5) is 5.13 Å². The molecule has 0 aliphatic rings. The Morgan fingerprint density at radius 2 is 1.73 bits per heavy atom. The van der Waals surface area contributed by atoms with E-state index in [4.69, 9.17) is 4.98 Å². The van der Waals surface area contributed by atoms with Gasteiger partial charge in [-0.3, -0.25) is 19.7 Å². The lowest BCUT2D eigenvalue weighted by atomic mass is 10.1. The average Bonchev–Trinajstić information content (AvgIpc) is 3.23. The van der Waals surface area contributed by atoms with Gasteiger partial charge in [-0.05, 0) is 42.3 Å². The highest BCUT2D eigenvalue weighted by atomic mass is 32.1. The normalized spacial score (nSPS) is 11.1. The quantitative estimate of drug-likeness (QED) is 0.398. The molecule has 0 N–H and O–H groups in total. The molecule has 0 atom stereocenters. The van der Waals surface area contributed by atoms with Crippen molar-refractivity contribution in [3.05, 3.63) is 95.8 Å². The van der Waals surface area contributed by atoms with Crippen LogP contribution in [0, 0.1) is 6.92 Å². The second-order valence-electron chi connectivity index (χ2n) is 7.05. The van der Waals surface area contributed by atoms with E-state index in [2.05, 4.69) is 9.97 Å². The number of hydrogen-bond acceptors (Lipinski definition) is 5. The first-order valence-corrected chi connectivity index (χ1v) is 10.4. The van der Waals surface area contributed by atoms with Gasteiger partial charge in [-0.2, -0.15) is 0 Å². The SMILES string of the molecule is Cc1cccc2sc(N(Cc3ccccc3)C(=O)c3ccc4nccnc4c3)nc12. The number of benzene rings is 3. The van der Waals surface area contributed by atoms with Gasteiger partial charge in [0.1, 0.15) is 0 Å². The third-order valence-corrected chi connectivity index (χ3v) is 6.03. The maximum atomic E-state index is 13.6. The first-order chi connectivity index (χ1) is 14.7. The van der Waals surface area contributed by atoms with Crippen LogP contribution in [0.5, 0.6) is 0 Å². The summed E-state index contributed by atoms with van der Waals surface area (Å²) >= 11 is 1.53. The largest absolute Gasteiger partial charge is 0.279 e. The molecule has 5 rings (SSSR count). The predicted octanol–water partition coefficient (Wildman–Crippen LogP) is 5.39. The Labute approximate surface area is 177 Å². The van der Waals surface area contributed by atoms with E-state index in [9.17, 15) is 4.79 Å². The highest BCUT2D eigenvalue weighted by molar-refractivity contribution is 7.22. The van der Waals surface area contributed by atoms with Crippen molar-refractivity contribution < 1.29 is 4.79 Å². The van der Waals surface area contributed by atoms with E-state index in [0.717, 1.165) is 26.9 Å². The van der Waals surface area contributed by atoms with Crippen molar-refractivity contribution >= 4 is 43.6 Å². The number of nitrogens with zero attached hydrogens (tertiary/aromatic N) is 4. The molecule has 146 valence electrons. The van der Waals surface area contributed by atoms with E-state index < -0.39 is 0 Å². The van der Waals surface area contributed by atoms with Crippen molar-refractivity contribution in [2.24, 2.45) is 0 Å². The van der Waals surface area contributed by atoms with Gasteiger partial charge in [0, 0.05) is 18.0 Å². The van der Waals surface area contributed by atoms with E-state index in [1.165, 1.54) is 11.3 Å². The molecule has 6 heteroatoms. The second kappa shape index (κ2) is 7.65. The number of aryl methyl sites for hydroxylation is 1. The van der Waals surface area contributed by atoms with Crippen molar-refractivity contribution in [1.29, 1.82) is 0 Å². The Balaban J connectivity index is 1.60. The van der Waals surface area contributed by atoms with Gasteiger partial charge >= 0.3 is 0 Å². The number of amides is 1. The third-order valence-electron chi connectivity index (χ3n) is 4.99. The van der Waals surface area contributed by atoms with Crippen molar-refractivity contribution in [3.8, 4) is 0 Å². The van der Waals surface area contributed by atoms with Crippen LogP contribution in [-0.4, -0.2) is 20.9 Å². The summed E-state index contributed by atoms with van der Waals surface area (Å²) in [5.74, 6) is -0.108. The summed E-state index contributed by atoms with van der Waals surface area (Å²) in [5.41, 5.74) is 5.11. The molecule has 2 aromatic heterocycles. The number of para-hydroxylation sites is 1. The summed E-state index contributed by atoms with van der Waals surface area (Å²) in [6.07, 6.45) is 3.28. The number of carbonyl (C=O) groups excluding carboxylic acids is 1. The van der Waals surface area contributed by atoms with Crippen LogP contribution in [0.15, 0.2) is 79.1 Å². The van der Waals surface area contributed by atoms with Gasteiger partial charge in [0.25, 0.3) is 5.91 Å². The van der Waals surface area contributed by atoms with Gasteiger partial charge in [0.15, 0.2) is 5.13 Å². The minimum atomic E-state index is -0.108. The van der Waals surface area contributed by atoms with Gasteiger partial charge in [0.05, 0.1) is 27.8 Å². The number of thiazole rings is 1. The van der Waals surface area contributed by atoms with E-state index in [1.54, 1.807) is 29.4 Å². The molecule has 0 unspecified atom stereocenters. The molecule has 0 aliphatic carbocycles. The van der Waals surface area contributed by atoms with Crippen LogP contribution in [0.25, 0.3) is 21.3 Å². The van der Waals surface area contributed by atoms with Crippen LogP contribution in [0.2, 0.25) is 0 Å². The number of aromatic nitrogens is 3. The maximum Gasteiger partial charge on any atom is 0.260 e. The first kappa shape index (κ1) is 18.4. The second-order valence-corrected chi connectivity index (χ2v) is 8.06. The third kappa shape index (κ3) is 3.42. The Kier molecular flexibility index (Phi) is 4.69. The monoisotopic (exact) mass is 410 g/mol. The molecular formula is C24H18N4OS. The molecule has 1 amide bonds. The molecule has 2 heterocycles. The van der Waals surface area contributed by atoms with E-state index in [0.29, 0.717) is 22.8 Å². The molecule has 0 spiro atoms. The fourth-order valence-corrected chi connectivity index (χ4v) is 4.48. The number of rotatable bonds is 4. The topological polar surface area (TPSA) is 59.0 Å². The molecule has 5 aromatic rings. The van der Waals surface area contributed by atoms with Gasteiger partial charge in [-0.15, -0.1) is 0 Å². The molecule has 0 saturated heterocycles. The standard InChI is InChI=1S/C24H18N4OS/c1-16-6-5-9-21-22(16)27-24(30-21)28(15-17-7-3-2-4-8-17)23(29)18-10-11-19-20(14-18)26-13-12-25-19/h2-14H,15H2,1H3. The summed E-state index contributed by atoms with van der Waals surface area (Å²) in [5, 5.41) is 0.687. The van der Waals surface area contributed by atoms with Gasteiger partial charge in [0.2, 0.25) is 0 Å².